The van der Waals surface area contributed by atoms with E-state index in [1.807, 2.05) is 42.5 Å². The van der Waals surface area contributed by atoms with Crippen molar-refractivity contribution >= 4 is 33.8 Å². The van der Waals surface area contributed by atoms with E-state index in [-0.39, 0.29) is 36.3 Å². The number of amides is 4. The van der Waals surface area contributed by atoms with Gasteiger partial charge in [0.05, 0.1) is 12.6 Å². The molecule has 202 valence electrons. The molecule has 0 bridgehead atoms. The number of benzene rings is 2. The number of nitrogens with one attached hydrogen (secondary N) is 2. The summed E-state index contributed by atoms with van der Waals surface area (Å²) in [5, 5.41) is 6.37. The summed E-state index contributed by atoms with van der Waals surface area (Å²) in [6.07, 6.45) is 7.48. The Hall–Kier alpha value is -2.71. The molecule has 3 aliphatic rings. The van der Waals surface area contributed by atoms with E-state index in [1.54, 1.807) is 0 Å². The molecule has 2 aliphatic heterocycles. The maximum atomic E-state index is 13.4. The number of likely N-dealkylation sites (tertiary alicyclic amines) is 1. The summed E-state index contributed by atoms with van der Waals surface area (Å²) >= 11 is 3.42. The number of hydrogen-bond acceptors (Lipinski definition) is 4. The Morgan fingerprint density at radius 3 is 2.37 bits per heavy atom. The average molecular weight is 582 g/mol. The lowest BCUT2D eigenvalue weighted by atomic mass is 9.87. The minimum atomic E-state index is -0.809. The van der Waals surface area contributed by atoms with E-state index in [9.17, 15) is 14.4 Å². The lowest BCUT2D eigenvalue weighted by Gasteiger charge is -2.38. The molecular formula is C30H37BrN4O3. The number of carbonyl (C=O) groups excluding carboxylic acids is 3. The minimum Gasteiger partial charge on any atom is -0.349 e. The van der Waals surface area contributed by atoms with Crippen LogP contribution in [0.4, 0.5) is 4.79 Å². The molecule has 2 N–H and O–H groups in total. The van der Waals surface area contributed by atoms with Crippen LogP contribution in [0.3, 0.4) is 0 Å². The van der Waals surface area contributed by atoms with Gasteiger partial charge in [-0.05, 0) is 55.4 Å². The maximum absolute atomic E-state index is 13.4. The molecule has 5 rings (SSSR count). The zero-order chi connectivity index (χ0) is 26.5. The van der Waals surface area contributed by atoms with Gasteiger partial charge in [0.15, 0.2) is 0 Å². The fourth-order valence-corrected chi connectivity index (χ4v) is 6.33. The predicted molar refractivity (Wildman–Crippen MR) is 150 cm³/mol. The van der Waals surface area contributed by atoms with Crippen molar-refractivity contribution in [2.24, 2.45) is 5.92 Å². The van der Waals surface area contributed by atoms with Gasteiger partial charge in [0.25, 0.3) is 5.91 Å². The van der Waals surface area contributed by atoms with Crippen molar-refractivity contribution in [3.63, 3.8) is 0 Å². The van der Waals surface area contributed by atoms with E-state index in [0.717, 1.165) is 67.3 Å². The second kappa shape index (κ2) is 12.0. The summed E-state index contributed by atoms with van der Waals surface area (Å²) < 4.78 is 0.963. The summed E-state index contributed by atoms with van der Waals surface area (Å²) in [7, 11) is 0. The van der Waals surface area contributed by atoms with Crippen LogP contribution < -0.4 is 10.6 Å². The van der Waals surface area contributed by atoms with E-state index in [0.29, 0.717) is 12.8 Å². The van der Waals surface area contributed by atoms with Gasteiger partial charge in [-0.25, -0.2) is 4.79 Å². The lowest BCUT2D eigenvalue weighted by molar-refractivity contribution is -0.133. The zero-order valence-electron chi connectivity index (χ0n) is 21.8. The number of nitrogens with zero attached hydrogens (tertiary/aromatic N) is 2. The Labute approximate surface area is 233 Å². The molecule has 1 spiro atoms. The third kappa shape index (κ3) is 6.12. The minimum absolute atomic E-state index is 0.0317. The number of halogens is 1. The van der Waals surface area contributed by atoms with Crippen molar-refractivity contribution in [1.82, 2.24) is 20.4 Å². The average Bonchev–Trinajstić information content (AvgIpc) is 3.17. The highest BCUT2D eigenvalue weighted by Gasteiger charge is 2.52. The molecular weight excluding hydrogens is 544 g/mol. The number of imide groups is 1. The Balaban J connectivity index is 1.17. The molecule has 7 nitrogen and oxygen atoms in total. The standard InChI is InChI=1S/C30H37BrN4O3/c31-25-13-11-22(12-14-25)21-35-28(37)30(33-29(35)38)16-19-34(20-17-30)18-15-26(23-7-3-1-4-8-23)32-27(36)24-9-5-2-6-10-24/h1,3-4,7-8,11-14,24,26H,2,5-6,9-10,15-21H2,(H,32,36)(H,33,38)/t26-/m0/s1. The van der Waals surface area contributed by atoms with Crippen molar-refractivity contribution in [3.8, 4) is 0 Å². The largest absolute Gasteiger partial charge is 0.349 e. The fraction of sp³-hybridized carbons (Fsp3) is 0.500. The predicted octanol–water partition coefficient (Wildman–Crippen LogP) is 5.16. The SMILES string of the molecule is O=C(N[C@@H](CCN1CCC2(CC1)NC(=O)N(Cc1ccc(Br)cc1)C2=O)c1ccccc1)C1CCCCC1. The monoisotopic (exact) mass is 580 g/mol. The van der Waals surface area contributed by atoms with Crippen molar-refractivity contribution in [2.45, 2.75) is 69.5 Å². The van der Waals surface area contributed by atoms with Crippen LogP contribution in [0, 0.1) is 5.92 Å². The molecule has 1 atom stereocenters. The van der Waals surface area contributed by atoms with Gasteiger partial charge in [0.1, 0.15) is 5.54 Å². The number of hydrogen-bond donors (Lipinski definition) is 2. The van der Waals surface area contributed by atoms with Crippen LogP contribution in [0.15, 0.2) is 59.1 Å². The first kappa shape index (κ1) is 26.9. The van der Waals surface area contributed by atoms with Crippen LogP contribution in [0.1, 0.15) is 68.5 Å². The molecule has 1 aliphatic carbocycles. The second-order valence-electron chi connectivity index (χ2n) is 11.0. The maximum Gasteiger partial charge on any atom is 0.325 e. The smallest absolute Gasteiger partial charge is 0.325 e. The van der Waals surface area contributed by atoms with Crippen LogP contribution in [0.5, 0.6) is 0 Å². The van der Waals surface area contributed by atoms with Gasteiger partial charge >= 0.3 is 6.03 Å². The molecule has 0 radical (unpaired) electrons. The number of piperidine rings is 1. The third-order valence-electron chi connectivity index (χ3n) is 8.44. The van der Waals surface area contributed by atoms with Crippen LogP contribution >= 0.6 is 15.9 Å². The molecule has 2 aromatic carbocycles. The van der Waals surface area contributed by atoms with Crippen LogP contribution in [0.25, 0.3) is 0 Å². The molecule has 4 amide bonds. The molecule has 2 aromatic rings. The Kier molecular flexibility index (Phi) is 8.48. The van der Waals surface area contributed by atoms with Crippen molar-refractivity contribution in [2.75, 3.05) is 19.6 Å². The first-order valence-electron chi connectivity index (χ1n) is 13.9. The number of carbonyl (C=O) groups is 3. The van der Waals surface area contributed by atoms with E-state index >= 15 is 0 Å². The van der Waals surface area contributed by atoms with Gasteiger partial charge in [-0.1, -0.05) is 77.7 Å². The molecule has 0 unspecified atom stereocenters. The van der Waals surface area contributed by atoms with Crippen LogP contribution in [0.2, 0.25) is 0 Å². The van der Waals surface area contributed by atoms with Crippen molar-refractivity contribution < 1.29 is 14.4 Å². The van der Waals surface area contributed by atoms with E-state index in [2.05, 4.69) is 43.6 Å². The van der Waals surface area contributed by atoms with Gasteiger partial charge in [0, 0.05) is 30.0 Å². The van der Waals surface area contributed by atoms with Crippen LogP contribution in [-0.2, 0) is 16.1 Å². The highest BCUT2D eigenvalue weighted by atomic mass is 79.9. The van der Waals surface area contributed by atoms with Gasteiger partial charge < -0.3 is 15.5 Å². The fourth-order valence-electron chi connectivity index (χ4n) is 6.06. The van der Waals surface area contributed by atoms with Gasteiger partial charge in [-0.2, -0.15) is 0 Å². The summed E-state index contributed by atoms with van der Waals surface area (Å²) in [6, 6.07) is 17.6. The molecule has 3 fully saturated rings. The Morgan fingerprint density at radius 1 is 1.00 bits per heavy atom. The Bertz CT molecular complexity index is 1130. The number of rotatable bonds is 8. The molecule has 38 heavy (non-hydrogen) atoms. The first-order chi connectivity index (χ1) is 18.4. The van der Waals surface area contributed by atoms with Gasteiger partial charge in [0.2, 0.25) is 5.91 Å². The Morgan fingerprint density at radius 2 is 1.68 bits per heavy atom. The summed E-state index contributed by atoms with van der Waals surface area (Å²) in [6.45, 7) is 2.57. The van der Waals surface area contributed by atoms with Crippen molar-refractivity contribution in [3.05, 3.63) is 70.2 Å². The quantitative estimate of drug-likeness (QED) is 0.422. The van der Waals surface area contributed by atoms with Gasteiger partial charge in [-0.3, -0.25) is 14.5 Å². The van der Waals surface area contributed by atoms with E-state index in [4.69, 9.17) is 0 Å². The first-order valence-corrected chi connectivity index (χ1v) is 14.7. The summed E-state index contributed by atoms with van der Waals surface area (Å²) in [5.74, 6) is 0.190. The topological polar surface area (TPSA) is 81.8 Å². The zero-order valence-corrected chi connectivity index (χ0v) is 23.4. The van der Waals surface area contributed by atoms with Crippen LogP contribution in [-0.4, -0.2) is 52.8 Å². The normalized spacial score (nSPS) is 20.9. The molecule has 2 saturated heterocycles. The molecule has 0 aromatic heterocycles. The molecule has 1 saturated carbocycles. The summed E-state index contributed by atoms with van der Waals surface area (Å²) in [4.78, 5) is 42.9. The molecule has 8 heteroatoms. The summed E-state index contributed by atoms with van der Waals surface area (Å²) in [5.41, 5.74) is 1.25. The van der Waals surface area contributed by atoms with Gasteiger partial charge in [-0.15, -0.1) is 0 Å². The van der Waals surface area contributed by atoms with E-state index in [1.165, 1.54) is 11.3 Å². The lowest BCUT2D eigenvalue weighted by Crippen LogP contribution is -2.55. The highest BCUT2D eigenvalue weighted by Crippen LogP contribution is 2.31. The highest BCUT2D eigenvalue weighted by molar-refractivity contribution is 9.10. The third-order valence-corrected chi connectivity index (χ3v) is 8.97. The second-order valence-corrected chi connectivity index (χ2v) is 11.9. The number of urea groups is 1. The van der Waals surface area contributed by atoms with E-state index < -0.39 is 5.54 Å². The van der Waals surface area contributed by atoms with Crippen molar-refractivity contribution in [1.29, 1.82) is 0 Å². The molecule has 2 heterocycles.